The number of fused-ring (bicyclic) bond motifs is 1. The van der Waals surface area contributed by atoms with Crippen molar-refractivity contribution in [3.63, 3.8) is 0 Å². The van der Waals surface area contributed by atoms with Gasteiger partial charge in [-0.15, -0.1) is 11.3 Å². The number of rotatable bonds is 1. The zero-order chi connectivity index (χ0) is 9.47. The summed E-state index contributed by atoms with van der Waals surface area (Å²) in [6.45, 7) is 0. The van der Waals surface area contributed by atoms with Gasteiger partial charge < -0.3 is 4.55 Å². The Kier molecular flexibility index (Phi) is 3.96. The minimum absolute atomic E-state index is 0. The van der Waals surface area contributed by atoms with E-state index in [-0.39, 0.29) is 41.9 Å². The molecule has 0 atom stereocenters. The van der Waals surface area contributed by atoms with Crippen LogP contribution >= 0.6 is 11.3 Å². The third kappa shape index (κ3) is 2.48. The van der Waals surface area contributed by atoms with Gasteiger partial charge in [0, 0.05) is 4.70 Å². The maximum absolute atomic E-state index is 10.7. The van der Waals surface area contributed by atoms with Gasteiger partial charge in [0.15, 0.2) is 0 Å². The summed E-state index contributed by atoms with van der Waals surface area (Å²) in [5.41, 5.74) is 0. The Balaban J connectivity index is 0.000000980. The number of hydrogen-bond acceptors (Lipinski definition) is 4. The van der Waals surface area contributed by atoms with E-state index in [1.165, 1.54) is 6.07 Å². The molecule has 1 aromatic heterocycles. The Labute approximate surface area is 115 Å². The van der Waals surface area contributed by atoms with Crippen molar-refractivity contribution in [3.05, 3.63) is 30.3 Å². The molecule has 68 valence electrons. The predicted octanol–water partition coefficient (Wildman–Crippen LogP) is 1.42. The Bertz CT molecular complexity index is 511. The average molecular weight is 253 g/mol. The van der Waals surface area contributed by atoms with Gasteiger partial charge in [-0.3, -0.25) is 0 Å². The molecule has 0 spiro atoms. The van der Waals surface area contributed by atoms with E-state index in [0.29, 0.717) is 0 Å². The van der Waals surface area contributed by atoms with E-state index in [1.807, 2.05) is 0 Å². The van der Waals surface area contributed by atoms with Gasteiger partial charge in [-0.1, -0.05) is 18.2 Å². The molecule has 0 N–H and O–H groups in total. The molecule has 0 radical (unpaired) electrons. The van der Waals surface area contributed by atoms with Crippen LogP contribution in [0.5, 0.6) is 0 Å². The molecule has 0 saturated carbocycles. The minimum atomic E-state index is -4.30. The maximum Gasteiger partial charge on any atom is 2.00 e. The number of thiophene rings is 1. The van der Waals surface area contributed by atoms with Gasteiger partial charge in [0.05, 0.1) is 0 Å². The molecule has 0 saturated heterocycles. The second kappa shape index (κ2) is 4.47. The van der Waals surface area contributed by atoms with E-state index >= 15 is 0 Å². The smallest absolute Gasteiger partial charge is 0.743 e. The SMILES string of the molecule is O=S(=O)([O-])c1cc2ccccc2s1.[Ca+2]. The van der Waals surface area contributed by atoms with Crippen molar-refractivity contribution in [2.45, 2.75) is 4.21 Å². The molecular weight excluding hydrogens is 248 g/mol. The first-order chi connectivity index (χ1) is 6.07. The molecule has 3 nitrogen and oxygen atoms in total. The van der Waals surface area contributed by atoms with Crippen LogP contribution in [0.15, 0.2) is 34.5 Å². The standard InChI is InChI=1S/C8H6O3S2.Ca/c9-13(10,11)8-5-6-3-1-2-4-7(6)12-8;/h1-5H,(H,9,10,11);/q;+2/p-1. The molecular formula is C8H5CaO3S2+. The topological polar surface area (TPSA) is 57.2 Å². The van der Waals surface area contributed by atoms with Crippen molar-refractivity contribution in [2.24, 2.45) is 0 Å². The molecule has 2 aromatic rings. The van der Waals surface area contributed by atoms with Crippen molar-refractivity contribution >= 4 is 69.3 Å². The second-order valence-corrected chi connectivity index (χ2v) is 5.25. The van der Waals surface area contributed by atoms with E-state index in [1.54, 1.807) is 24.3 Å². The summed E-state index contributed by atoms with van der Waals surface area (Å²) in [5.74, 6) is 0. The van der Waals surface area contributed by atoms with Crippen molar-refractivity contribution in [2.75, 3.05) is 0 Å². The van der Waals surface area contributed by atoms with Crippen LogP contribution in [0.2, 0.25) is 0 Å². The van der Waals surface area contributed by atoms with Gasteiger partial charge in [-0.2, -0.15) is 0 Å². The Morgan fingerprint density at radius 2 is 1.86 bits per heavy atom. The molecule has 0 unspecified atom stereocenters. The van der Waals surface area contributed by atoms with E-state index < -0.39 is 10.1 Å². The number of hydrogen-bond donors (Lipinski definition) is 0. The van der Waals surface area contributed by atoms with Crippen LogP contribution in [-0.4, -0.2) is 50.7 Å². The van der Waals surface area contributed by atoms with Crippen molar-refractivity contribution in [1.82, 2.24) is 0 Å². The Hall–Kier alpha value is 0.350. The van der Waals surface area contributed by atoms with Crippen molar-refractivity contribution in [3.8, 4) is 0 Å². The van der Waals surface area contributed by atoms with Crippen molar-refractivity contribution < 1.29 is 13.0 Å². The summed E-state index contributed by atoms with van der Waals surface area (Å²) in [6, 6.07) is 8.58. The fourth-order valence-corrected chi connectivity index (χ4v) is 2.82. The predicted molar refractivity (Wildman–Crippen MR) is 55.5 cm³/mol. The zero-order valence-corrected chi connectivity index (χ0v) is 11.0. The quantitative estimate of drug-likeness (QED) is 0.570. The van der Waals surface area contributed by atoms with Crippen molar-refractivity contribution in [1.29, 1.82) is 0 Å². The number of benzene rings is 1. The van der Waals surface area contributed by atoms with E-state index in [4.69, 9.17) is 0 Å². The summed E-state index contributed by atoms with van der Waals surface area (Å²) in [6.07, 6.45) is 0. The van der Waals surface area contributed by atoms with Crippen LogP contribution in [0.4, 0.5) is 0 Å². The largest absolute Gasteiger partial charge is 2.00 e. The molecule has 6 heteroatoms. The first-order valence-electron chi connectivity index (χ1n) is 3.52. The van der Waals surface area contributed by atoms with Gasteiger partial charge in [0.1, 0.15) is 14.3 Å². The average Bonchev–Trinajstić information content (AvgIpc) is 2.45. The summed E-state index contributed by atoms with van der Waals surface area (Å²) in [7, 11) is -4.30. The second-order valence-electron chi connectivity index (χ2n) is 2.56. The summed E-state index contributed by atoms with van der Waals surface area (Å²) in [5, 5.41) is 0.793. The molecule has 1 heterocycles. The van der Waals surface area contributed by atoms with Gasteiger partial charge in [0.2, 0.25) is 0 Å². The first-order valence-corrected chi connectivity index (χ1v) is 5.74. The van der Waals surface area contributed by atoms with E-state index in [9.17, 15) is 13.0 Å². The molecule has 0 amide bonds. The fraction of sp³-hybridized carbons (Fsp3) is 0. The molecule has 14 heavy (non-hydrogen) atoms. The van der Waals surface area contributed by atoms with Crippen LogP contribution in [-0.2, 0) is 10.1 Å². The van der Waals surface area contributed by atoms with Crippen LogP contribution < -0.4 is 0 Å². The van der Waals surface area contributed by atoms with Gasteiger partial charge >= 0.3 is 37.7 Å². The summed E-state index contributed by atoms with van der Waals surface area (Å²) in [4.78, 5) is 0. The van der Waals surface area contributed by atoms with Crippen LogP contribution in [0.3, 0.4) is 0 Å². The fourth-order valence-electron chi connectivity index (χ4n) is 1.08. The van der Waals surface area contributed by atoms with Gasteiger partial charge in [-0.05, 0) is 17.5 Å². The summed E-state index contributed by atoms with van der Waals surface area (Å²) >= 11 is 1.00. The van der Waals surface area contributed by atoms with Crippen LogP contribution in [0.1, 0.15) is 0 Å². The van der Waals surface area contributed by atoms with Crippen LogP contribution in [0.25, 0.3) is 10.1 Å². The zero-order valence-electron chi connectivity index (χ0n) is 7.14. The normalized spacial score (nSPS) is 11.2. The van der Waals surface area contributed by atoms with E-state index in [2.05, 4.69) is 0 Å². The summed E-state index contributed by atoms with van der Waals surface area (Å²) < 4.78 is 32.7. The minimum Gasteiger partial charge on any atom is -0.743 e. The Morgan fingerprint density at radius 3 is 2.43 bits per heavy atom. The molecule has 0 bridgehead atoms. The maximum atomic E-state index is 10.7. The third-order valence-electron chi connectivity index (χ3n) is 1.65. The molecule has 0 aliphatic rings. The molecule has 0 fully saturated rings. The third-order valence-corrected chi connectivity index (χ3v) is 4.03. The van der Waals surface area contributed by atoms with Gasteiger partial charge in [-0.25, -0.2) is 8.42 Å². The molecule has 0 aliphatic carbocycles. The van der Waals surface area contributed by atoms with E-state index in [0.717, 1.165) is 21.4 Å². The molecule has 2 rings (SSSR count). The van der Waals surface area contributed by atoms with Crippen LogP contribution in [0, 0.1) is 0 Å². The molecule has 0 aliphatic heterocycles. The molecule has 1 aromatic carbocycles. The Morgan fingerprint density at radius 1 is 1.21 bits per heavy atom. The van der Waals surface area contributed by atoms with Gasteiger partial charge in [0.25, 0.3) is 0 Å². The first kappa shape index (κ1) is 12.4. The monoisotopic (exact) mass is 253 g/mol.